The molecule has 1 fully saturated rings. The van der Waals surface area contributed by atoms with Crippen molar-refractivity contribution in [2.24, 2.45) is 16.3 Å². The summed E-state index contributed by atoms with van der Waals surface area (Å²) in [7, 11) is 0. The highest BCUT2D eigenvalue weighted by Crippen LogP contribution is 2.37. The van der Waals surface area contributed by atoms with Gasteiger partial charge in [-0.3, -0.25) is 0 Å². The Morgan fingerprint density at radius 2 is 2.05 bits per heavy atom. The predicted octanol–water partition coefficient (Wildman–Crippen LogP) is 3.04. The monoisotopic (exact) mass is 301 g/mol. The minimum atomic E-state index is -4.56. The van der Waals surface area contributed by atoms with Gasteiger partial charge in [-0.25, -0.2) is 0 Å². The van der Waals surface area contributed by atoms with Gasteiger partial charge < -0.3 is 15.8 Å². The number of amidine groups is 1. The van der Waals surface area contributed by atoms with Crippen molar-refractivity contribution in [3.8, 4) is 0 Å². The first-order valence-corrected chi connectivity index (χ1v) is 6.58. The Hall–Kier alpha value is -1.92. The van der Waals surface area contributed by atoms with Gasteiger partial charge in [0, 0.05) is 24.3 Å². The Morgan fingerprint density at radius 3 is 2.52 bits per heavy atom. The molecule has 1 aromatic carbocycles. The minimum absolute atomic E-state index is 0.0860. The zero-order valence-corrected chi connectivity index (χ0v) is 11.9. The molecule has 0 unspecified atom stereocenters. The van der Waals surface area contributed by atoms with Gasteiger partial charge in [0.25, 0.3) is 0 Å². The third-order valence-electron chi connectivity index (χ3n) is 3.73. The number of nitrogens with zero attached hydrogens (tertiary/aromatic N) is 2. The Morgan fingerprint density at radius 1 is 1.38 bits per heavy atom. The van der Waals surface area contributed by atoms with Crippen LogP contribution in [0.4, 0.5) is 18.9 Å². The van der Waals surface area contributed by atoms with Crippen LogP contribution < -0.4 is 10.6 Å². The first-order chi connectivity index (χ1) is 9.64. The summed E-state index contributed by atoms with van der Waals surface area (Å²) in [5.41, 5.74) is 4.71. The molecule has 1 aliphatic heterocycles. The molecule has 1 saturated heterocycles. The van der Waals surface area contributed by atoms with Crippen molar-refractivity contribution < 1.29 is 18.4 Å². The van der Waals surface area contributed by atoms with Crippen LogP contribution in [-0.2, 0) is 6.18 Å². The highest BCUT2D eigenvalue weighted by Gasteiger charge is 2.36. The van der Waals surface area contributed by atoms with Crippen LogP contribution in [0.25, 0.3) is 0 Å². The number of alkyl halides is 3. The fourth-order valence-electron chi connectivity index (χ4n) is 2.57. The molecule has 21 heavy (non-hydrogen) atoms. The molecule has 1 heterocycles. The highest BCUT2D eigenvalue weighted by atomic mass is 19.4. The van der Waals surface area contributed by atoms with Gasteiger partial charge in [-0.2, -0.15) is 13.2 Å². The van der Waals surface area contributed by atoms with E-state index in [0.29, 0.717) is 18.8 Å². The second-order valence-corrected chi connectivity index (χ2v) is 6.05. The van der Waals surface area contributed by atoms with Crippen LogP contribution in [0.15, 0.2) is 23.4 Å². The molecule has 0 radical (unpaired) electrons. The van der Waals surface area contributed by atoms with E-state index in [1.54, 1.807) is 6.07 Å². The highest BCUT2D eigenvalue weighted by molar-refractivity contribution is 5.99. The zero-order chi connectivity index (χ0) is 15.8. The van der Waals surface area contributed by atoms with E-state index < -0.39 is 17.6 Å². The van der Waals surface area contributed by atoms with E-state index in [-0.39, 0.29) is 11.0 Å². The van der Waals surface area contributed by atoms with Crippen LogP contribution in [0.5, 0.6) is 0 Å². The summed E-state index contributed by atoms with van der Waals surface area (Å²) < 4.78 is 39.5. The summed E-state index contributed by atoms with van der Waals surface area (Å²) in [6.07, 6.45) is -3.63. The van der Waals surface area contributed by atoms with Crippen LogP contribution in [0.2, 0.25) is 0 Å². The summed E-state index contributed by atoms with van der Waals surface area (Å²) in [6.45, 7) is 5.59. The summed E-state index contributed by atoms with van der Waals surface area (Å²) in [4.78, 5) is 1.92. The molecular formula is C14H18F3N3O. The maximum absolute atomic E-state index is 13.2. The normalized spacial score (nSPS) is 19.1. The summed E-state index contributed by atoms with van der Waals surface area (Å²) in [6, 6.07) is 3.89. The zero-order valence-electron chi connectivity index (χ0n) is 11.9. The van der Waals surface area contributed by atoms with Crippen LogP contribution in [0, 0.1) is 5.41 Å². The van der Waals surface area contributed by atoms with Gasteiger partial charge in [0.05, 0.1) is 5.56 Å². The lowest BCUT2D eigenvalue weighted by Gasteiger charge is -2.23. The molecule has 3 N–H and O–H groups in total. The maximum atomic E-state index is 13.2. The smallest absolute Gasteiger partial charge is 0.409 e. The molecule has 2 rings (SSSR count). The second kappa shape index (κ2) is 5.13. The van der Waals surface area contributed by atoms with Crippen molar-refractivity contribution in [3.05, 3.63) is 29.3 Å². The quantitative estimate of drug-likeness (QED) is 0.382. The number of nitrogens with two attached hydrogens (primary N) is 1. The van der Waals surface area contributed by atoms with Crippen molar-refractivity contribution in [1.29, 1.82) is 0 Å². The molecule has 0 spiro atoms. The maximum Gasteiger partial charge on any atom is 0.417 e. The number of rotatable bonds is 2. The molecule has 0 amide bonds. The molecule has 0 saturated carbocycles. The number of halogens is 3. The van der Waals surface area contributed by atoms with Crippen molar-refractivity contribution in [1.82, 2.24) is 0 Å². The molecular weight excluding hydrogens is 283 g/mol. The predicted molar refractivity (Wildman–Crippen MR) is 74.6 cm³/mol. The van der Waals surface area contributed by atoms with E-state index in [1.807, 2.05) is 4.90 Å². The van der Waals surface area contributed by atoms with E-state index >= 15 is 0 Å². The van der Waals surface area contributed by atoms with E-state index in [0.717, 1.165) is 12.5 Å². The number of oxime groups is 1. The molecule has 0 aromatic heterocycles. The lowest BCUT2D eigenvalue weighted by atomic mass is 9.93. The van der Waals surface area contributed by atoms with Gasteiger partial charge in [0.15, 0.2) is 5.84 Å². The van der Waals surface area contributed by atoms with Crippen LogP contribution in [-0.4, -0.2) is 24.1 Å². The summed E-state index contributed by atoms with van der Waals surface area (Å²) >= 11 is 0. The van der Waals surface area contributed by atoms with Crippen molar-refractivity contribution in [2.45, 2.75) is 26.4 Å². The van der Waals surface area contributed by atoms with Gasteiger partial charge in [0.1, 0.15) is 0 Å². The topological polar surface area (TPSA) is 61.8 Å². The second-order valence-electron chi connectivity index (χ2n) is 6.05. The lowest BCUT2D eigenvalue weighted by molar-refractivity contribution is -0.137. The van der Waals surface area contributed by atoms with Crippen LogP contribution in [0.1, 0.15) is 31.4 Å². The van der Waals surface area contributed by atoms with Gasteiger partial charge >= 0.3 is 6.18 Å². The molecule has 0 bridgehead atoms. The first-order valence-electron chi connectivity index (χ1n) is 6.58. The number of benzene rings is 1. The van der Waals surface area contributed by atoms with E-state index in [2.05, 4.69) is 19.0 Å². The largest absolute Gasteiger partial charge is 0.417 e. The van der Waals surface area contributed by atoms with Crippen LogP contribution in [0.3, 0.4) is 0 Å². The van der Waals surface area contributed by atoms with E-state index in [4.69, 9.17) is 10.9 Å². The van der Waals surface area contributed by atoms with Gasteiger partial charge in [-0.15, -0.1) is 0 Å². The van der Waals surface area contributed by atoms with Crippen molar-refractivity contribution >= 4 is 11.5 Å². The number of hydrogen-bond acceptors (Lipinski definition) is 3. The Bertz CT molecular complexity index is 567. The van der Waals surface area contributed by atoms with E-state index in [9.17, 15) is 13.2 Å². The fraction of sp³-hybridized carbons (Fsp3) is 0.500. The van der Waals surface area contributed by atoms with E-state index in [1.165, 1.54) is 6.07 Å². The van der Waals surface area contributed by atoms with Crippen molar-refractivity contribution in [3.63, 3.8) is 0 Å². The molecule has 0 aliphatic carbocycles. The Kier molecular flexibility index (Phi) is 3.78. The lowest BCUT2D eigenvalue weighted by Crippen LogP contribution is -2.25. The molecule has 116 valence electrons. The Balaban J connectivity index is 2.43. The fourth-order valence-corrected chi connectivity index (χ4v) is 2.57. The third kappa shape index (κ3) is 3.22. The van der Waals surface area contributed by atoms with Crippen molar-refractivity contribution in [2.75, 3.05) is 18.0 Å². The molecule has 4 nitrogen and oxygen atoms in total. The first kappa shape index (κ1) is 15.5. The Labute approximate surface area is 121 Å². The number of hydrogen-bond donors (Lipinski definition) is 2. The number of anilines is 1. The summed E-state index contributed by atoms with van der Waals surface area (Å²) in [5, 5.41) is 11.3. The van der Waals surface area contributed by atoms with Gasteiger partial charge in [-0.1, -0.05) is 19.0 Å². The molecule has 0 atom stereocenters. The molecule has 1 aromatic rings. The average molecular weight is 301 g/mol. The summed E-state index contributed by atoms with van der Waals surface area (Å²) in [5.74, 6) is -0.546. The SMILES string of the molecule is CC1(C)CCN(c2ccc(/C(N)=N/O)c(C(F)(F)F)c2)C1. The van der Waals surface area contributed by atoms with Crippen LogP contribution >= 0.6 is 0 Å². The minimum Gasteiger partial charge on any atom is -0.409 e. The van der Waals surface area contributed by atoms with Gasteiger partial charge in [0.2, 0.25) is 0 Å². The average Bonchev–Trinajstić information content (AvgIpc) is 2.76. The molecule has 1 aliphatic rings. The van der Waals surface area contributed by atoms with Gasteiger partial charge in [-0.05, 0) is 30.0 Å². The third-order valence-corrected chi connectivity index (χ3v) is 3.73. The standard InChI is InChI=1S/C14H18F3N3O/c1-13(2)5-6-20(8-13)9-3-4-10(12(18)19-21)11(7-9)14(15,16)17/h3-4,7,21H,5-6,8H2,1-2H3,(H2,18,19). The molecule has 7 heteroatoms.